The second kappa shape index (κ2) is 32.4. The molecule has 61 heavy (non-hydrogen) atoms. The van der Waals surface area contributed by atoms with Crippen molar-refractivity contribution in [3.63, 3.8) is 0 Å². The van der Waals surface area contributed by atoms with Crippen molar-refractivity contribution in [3.05, 3.63) is 0 Å². The summed E-state index contributed by atoms with van der Waals surface area (Å²) in [6.45, 7) is 16.8. The predicted molar refractivity (Wildman–Crippen MR) is 230 cm³/mol. The maximum Gasteiger partial charge on any atom is 0.306 e. The molecule has 0 amide bonds. The molecule has 0 aliphatic heterocycles. The molecule has 0 rings (SSSR count). The maximum absolute atomic E-state index is 13.0. The lowest BCUT2D eigenvalue weighted by molar-refractivity contribution is -0.198. The molecule has 0 aliphatic rings. The Morgan fingerprint density at radius 2 is 0.475 bits per heavy atom. The van der Waals surface area contributed by atoms with Crippen LogP contribution in [0.4, 0.5) is 0 Å². The number of ether oxygens (including phenoxy) is 9. The number of carbonyl (C=O) groups excluding carboxylic acids is 6. The summed E-state index contributed by atoms with van der Waals surface area (Å²) in [6, 6.07) is 0. The van der Waals surface area contributed by atoms with Gasteiger partial charge in [0.15, 0.2) is 22.4 Å². The highest BCUT2D eigenvalue weighted by Gasteiger charge is 2.38. The monoisotopic (exact) mass is 875 g/mol. The molecule has 15 heteroatoms. The smallest absolute Gasteiger partial charge is 0.306 e. The van der Waals surface area contributed by atoms with Crippen LogP contribution in [0.2, 0.25) is 0 Å². The number of carbonyl (C=O) groups is 6. The van der Waals surface area contributed by atoms with Gasteiger partial charge in [-0.1, -0.05) is 80.1 Å². The lowest BCUT2D eigenvalue weighted by atomic mass is 10.1. The molecule has 0 aromatic carbocycles. The van der Waals surface area contributed by atoms with Crippen molar-refractivity contribution < 1.29 is 71.4 Å². The Labute approximate surface area is 366 Å². The van der Waals surface area contributed by atoms with Gasteiger partial charge < -0.3 is 42.6 Å². The van der Waals surface area contributed by atoms with Crippen molar-refractivity contribution in [1.29, 1.82) is 0 Å². The molecule has 4 unspecified atom stereocenters. The van der Waals surface area contributed by atoms with Gasteiger partial charge >= 0.3 is 35.8 Å². The number of unbranched alkanes of at least 4 members (excludes halogenated alkanes) is 6. The summed E-state index contributed by atoms with van der Waals surface area (Å²) < 4.78 is 52.7. The Kier molecular flexibility index (Phi) is 30.6. The van der Waals surface area contributed by atoms with Gasteiger partial charge in [0.05, 0.1) is 39.6 Å². The first-order chi connectivity index (χ1) is 28.8. The molecule has 0 saturated carbocycles. The van der Waals surface area contributed by atoms with E-state index in [0.29, 0.717) is 38.5 Å². The molecule has 356 valence electrons. The second-order valence-electron chi connectivity index (χ2n) is 17.1. The lowest BCUT2D eigenvalue weighted by Gasteiger charge is -2.35. The fourth-order valence-electron chi connectivity index (χ4n) is 5.69. The molecule has 0 aliphatic carbocycles. The third-order valence-electron chi connectivity index (χ3n) is 9.37. The van der Waals surface area contributed by atoms with Crippen LogP contribution in [0, 0.1) is 0 Å². The van der Waals surface area contributed by atoms with Gasteiger partial charge in [0.25, 0.3) is 0 Å². The van der Waals surface area contributed by atoms with Crippen LogP contribution in [0.1, 0.15) is 185 Å². The van der Waals surface area contributed by atoms with Gasteiger partial charge in [-0.25, -0.2) is 0 Å². The minimum Gasteiger partial charge on any atom is -0.461 e. The summed E-state index contributed by atoms with van der Waals surface area (Å²) >= 11 is 0. The van der Waals surface area contributed by atoms with E-state index >= 15 is 0 Å². The van der Waals surface area contributed by atoms with E-state index in [-0.39, 0.29) is 91.4 Å². The number of esters is 6. The van der Waals surface area contributed by atoms with E-state index in [9.17, 15) is 28.8 Å². The SMILES string of the molecule is CCCCC(=O)OCC(C)(COCC(C)(COCC(C)(COCC(C)(COC(=O)CCCC)OC(=O)CCCC)OC(=O)CCCC)OC(=O)CCCC)OC(=O)CCCC. The second-order valence-corrected chi connectivity index (χ2v) is 17.1. The fourth-order valence-corrected chi connectivity index (χ4v) is 5.69. The molecule has 0 aromatic heterocycles. The number of hydrogen-bond acceptors (Lipinski definition) is 15. The highest BCUT2D eigenvalue weighted by atomic mass is 16.6. The third kappa shape index (κ3) is 28.8. The fraction of sp³-hybridized carbons (Fsp3) is 0.870. The summed E-state index contributed by atoms with van der Waals surface area (Å²) in [6.07, 6.45) is 9.79. The minimum atomic E-state index is -1.35. The van der Waals surface area contributed by atoms with Crippen molar-refractivity contribution in [2.45, 2.75) is 207 Å². The van der Waals surface area contributed by atoms with Gasteiger partial charge in [-0.05, 0) is 66.2 Å². The summed E-state index contributed by atoms with van der Waals surface area (Å²) in [5, 5.41) is 0. The first-order valence-electron chi connectivity index (χ1n) is 22.8. The van der Waals surface area contributed by atoms with E-state index in [0.717, 1.165) is 38.5 Å². The third-order valence-corrected chi connectivity index (χ3v) is 9.37. The van der Waals surface area contributed by atoms with E-state index in [2.05, 4.69) is 0 Å². The van der Waals surface area contributed by atoms with Crippen LogP contribution in [0.3, 0.4) is 0 Å². The van der Waals surface area contributed by atoms with Crippen LogP contribution in [-0.2, 0) is 71.4 Å². The first kappa shape index (κ1) is 57.7. The van der Waals surface area contributed by atoms with Gasteiger partial charge in [0.1, 0.15) is 13.2 Å². The quantitative estimate of drug-likeness (QED) is 0.0424. The zero-order chi connectivity index (χ0) is 46.2. The molecule has 0 spiro atoms. The molecule has 0 bridgehead atoms. The summed E-state index contributed by atoms with van der Waals surface area (Å²) in [7, 11) is 0. The normalized spacial score (nSPS) is 15.2. The molecule has 0 N–H and O–H groups in total. The molecule has 0 heterocycles. The summed E-state index contributed by atoms with van der Waals surface area (Å²) in [5.41, 5.74) is -5.35. The number of hydrogen-bond donors (Lipinski definition) is 0. The zero-order valence-corrected chi connectivity index (χ0v) is 39.5. The van der Waals surface area contributed by atoms with E-state index in [4.69, 9.17) is 42.6 Å². The molecular weight excluding hydrogens is 792 g/mol. The molecule has 4 atom stereocenters. The van der Waals surface area contributed by atoms with Gasteiger partial charge in [-0.15, -0.1) is 0 Å². The van der Waals surface area contributed by atoms with Gasteiger partial charge in [-0.3, -0.25) is 28.8 Å². The van der Waals surface area contributed by atoms with Crippen LogP contribution < -0.4 is 0 Å². The Balaban J connectivity index is 6.21. The molecule has 15 nitrogen and oxygen atoms in total. The Hall–Kier alpha value is -3.30. The molecule has 0 aromatic rings. The Morgan fingerprint density at radius 1 is 0.295 bits per heavy atom. The van der Waals surface area contributed by atoms with Crippen LogP contribution >= 0.6 is 0 Å². The van der Waals surface area contributed by atoms with E-state index < -0.39 is 58.2 Å². The molecule has 0 radical (unpaired) electrons. The average molecular weight is 875 g/mol. The van der Waals surface area contributed by atoms with E-state index in [1.165, 1.54) is 0 Å². The molecule has 0 saturated heterocycles. The van der Waals surface area contributed by atoms with Gasteiger partial charge in [-0.2, -0.15) is 0 Å². The Morgan fingerprint density at radius 3 is 0.672 bits per heavy atom. The average Bonchev–Trinajstić information content (AvgIpc) is 3.20. The van der Waals surface area contributed by atoms with Crippen molar-refractivity contribution in [2.24, 2.45) is 0 Å². The van der Waals surface area contributed by atoms with Crippen molar-refractivity contribution in [2.75, 3.05) is 52.9 Å². The van der Waals surface area contributed by atoms with Crippen molar-refractivity contribution in [3.8, 4) is 0 Å². The lowest BCUT2D eigenvalue weighted by Crippen LogP contribution is -2.48. The van der Waals surface area contributed by atoms with Crippen LogP contribution in [0.15, 0.2) is 0 Å². The highest BCUT2D eigenvalue weighted by Crippen LogP contribution is 2.23. The van der Waals surface area contributed by atoms with Crippen LogP contribution in [-0.4, -0.2) is 111 Å². The van der Waals surface area contributed by atoms with E-state index in [1.807, 2.05) is 41.5 Å². The van der Waals surface area contributed by atoms with Crippen molar-refractivity contribution >= 4 is 35.8 Å². The zero-order valence-electron chi connectivity index (χ0n) is 39.5. The maximum atomic E-state index is 13.0. The van der Waals surface area contributed by atoms with Gasteiger partial charge in [0.2, 0.25) is 0 Å². The molecular formula is C46H82O15. The minimum absolute atomic E-state index is 0.170. The van der Waals surface area contributed by atoms with Crippen LogP contribution in [0.5, 0.6) is 0 Å². The van der Waals surface area contributed by atoms with Gasteiger partial charge in [0, 0.05) is 38.5 Å². The largest absolute Gasteiger partial charge is 0.461 e. The van der Waals surface area contributed by atoms with E-state index in [1.54, 1.807) is 27.7 Å². The summed E-state index contributed by atoms with van der Waals surface area (Å²) in [4.78, 5) is 76.2. The molecule has 0 fully saturated rings. The topological polar surface area (TPSA) is 185 Å². The first-order valence-corrected chi connectivity index (χ1v) is 22.8. The summed E-state index contributed by atoms with van der Waals surface area (Å²) in [5.74, 6) is -2.65. The van der Waals surface area contributed by atoms with Crippen LogP contribution in [0.25, 0.3) is 0 Å². The highest BCUT2D eigenvalue weighted by molar-refractivity contribution is 5.72. The standard InChI is InChI=1S/C46H82O15/c1-11-17-23-37(47)56-35-45(9,60-41(51)27-21-15-5)33-54-31-43(7,58-39(49)25-19-13-3)29-53-30-44(8,59-40(50)26-20-14-4)32-55-34-46(10,61-42(52)28-22-16-6)36-57-38(48)24-18-12-2/h11-36H2,1-10H3. The number of rotatable bonds is 38. The Bertz CT molecular complexity index is 1180. The van der Waals surface area contributed by atoms with Crippen molar-refractivity contribution in [1.82, 2.24) is 0 Å². The predicted octanol–water partition coefficient (Wildman–Crippen LogP) is 8.47.